The van der Waals surface area contributed by atoms with Gasteiger partial charge in [-0.05, 0) is 18.9 Å². The minimum Gasteiger partial charge on any atom is -0.372 e. The zero-order valence-corrected chi connectivity index (χ0v) is 11.0. The average Bonchev–Trinajstić information content (AvgIpc) is 2.23. The molecule has 3 atom stereocenters. The molecule has 0 bridgehead atoms. The van der Waals surface area contributed by atoms with E-state index >= 15 is 0 Å². The molecule has 1 nitrogen and oxygen atoms in total. The van der Waals surface area contributed by atoms with E-state index < -0.39 is 0 Å². The second kappa shape index (κ2) is 4.44. The molecule has 1 aliphatic rings. The molecular formula is C12H14BrClO. The summed E-state index contributed by atoms with van der Waals surface area (Å²) in [5.74, 6) is 0. The van der Waals surface area contributed by atoms with Gasteiger partial charge in [0.05, 0.1) is 15.8 Å². The number of alkyl halides is 2. The Morgan fingerprint density at radius 3 is 2.73 bits per heavy atom. The van der Waals surface area contributed by atoms with Crippen molar-refractivity contribution < 1.29 is 4.74 Å². The first-order chi connectivity index (χ1) is 7.11. The predicted octanol–water partition coefficient (Wildman–Crippen LogP) is 3.91. The summed E-state index contributed by atoms with van der Waals surface area (Å²) >= 11 is 10.1. The molecule has 1 heterocycles. The molecule has 0 aliphatic carbocycles. The van der Waals surface area contributed by atoms with Gasteiger partial charge in [0.2, 0.25) is 0 Å². The third-order valence-corrected chi connectivity index (χ3v) is 5.04. The Kier molecular flexibility index (Phi) is 3.39. The van der Waals surface area contributed by atoms with Gasteiger partial charge in [-0.2, -0.15) is 0 Å². The molecule has 1 aromatic carbocycles. The van der Waals surface area contributed by atoms with Gasteiger partial charge in [-0.1, -0.05) is 46.3 Å². The predicted molar refractivity (Wildman–Crippen MR) is 66.7 cm³/mol. The van der Waals surface area contributed by atoms with Crippen LogP contribution in [0.15, 0.2) is 30.3 Å². The van der Waals surface area contributed by atoms with Gasteiger partial charge in [-0.15, -0.1) is 11.6 Å². The van der Waals surface area contributed by atoms with Crippen molar-refractivity contribution in [2.45, 2.75) is 29.1 Å². The van der Waals surface area contributed by atoms with E-state index in [1.54, 1.807) is 0 Å². The number of halogens is 2. The van der Waals surface area contributed by atoms with Crippen LogP contribution in [0.4, 0.5) is 0 Å². The van der Waals surface area contributed by atoms with E-state index in [0.717, 1.165) is 13.0 Å². The third-order valence-electron chi connectivity index (χ3n) is 2.86. The molecule has 3 heteroatoms. The summed E-state index contributed by atoms with van der Waals surface area (Å²) in [4.78, 5) is -0.0681. The topological polar surface area (TPSA) is 9.23 Å². The molecule has 1 fully saturated rings. The average molecular weight is 290 g/mol. The van der Waals surface area contributed by atoms with Gasteiger partial charge in [0.25, 0.3) is 0 Å². The van der Waals surface area contributed by atoms with Crippen LogP contribution in [0.5, 0.6) is 0 Å². The van der Waals surface area contributed by atoms with E-state index in [0.29, 0.717) is 0 Å². The van der Waals surface area contributed by atoms with Gasteiger partial charge in [0, 0.05) is 6.61 Å². The smallest absolute Gasteiger partial charge is 0.0966 e. The van der Waals surface area contributed by atoms with Crippen LogP contribution >= 0.6 is 27.5 Å². The highest BCUT2D eigenvalue weighted by molar-refractivity contribution is 9.09. The number of ether oxygens (including phenoxy) is 1. The van der Waals surface area contributed by atoms with E-state index in [4.69, 9.17) is 16.3 Å². The number of hydrogen-bond donors (Lipinski definition) is 0. The Morgan fingerprint density at radius 1 is 1.40 bits per heavy atom. The Morgan fingerprint density at radius 2 is 2.07 bits per heavy atom. The highest BCUT2D eigenvalue weighted by Crippen LogP contribution is 2.42. The van der Waals surface area contributed by atoms with Gasteiger partial charge in [0.1, 0.15) is 0 Å². The first-order valence-electron chi connectivity index (χ1n) is 5.11. The molecule has 1 aromatic rings. The lowest BCUT2D eigenvalue weighted by Crippen LogP contribution is -2.41. The van der Waals surface area contributed by atoms with Crippen LogP contribution in [0.3, 0.4) is 0 Å². The number of benzene rings is 1. The van der Waals surface area contributed by atoms with Gasteiger partial charge >= 0.3 is 0 Å². The van der Waals surface area contributed by atoms with Gasteiger partial charge in [0.15, 0.2) is 0 Å². The third kappa shape index (κ3) is 2.38. The summed E-state index contributed by atoms with van der Waals surface area (Å²) in [6.07, 6.45) is 0.941. The molecule has 0 saturated carbocycles. The van der Waals surface area contributed by atoms with E-state index in [1.807, 2.05) is 18.2 Å². The van der Waals surface area contributed by atoms with Crippen LogP contribution in [0.25, 0.3) is 0 Å². The van der Waals surface area contributed by atoms with Crippen LogP contribution < -0.4 is 0 Å². The molecule has 0 aromatic heterocycles. The fourth-order valence-electron chi connectivity index (χ4n) is 1.83. The van der Waals surface area contributed by atoms with E-state index in [9.17, 15) is 0 Å². The summed E-state index contributed by atoms with van der Waals surface area (Å²) < 4.78 is 5.78. The Hall–Kier alpha value is -0.0500. The molecule has 0 amide bonds. The summed E-state index contributed by atoms with van der Waals surface area (Å²) in [6, 6.07) is 10.2. The fraction of sp³-hybridized carbons (Fsp3) is 0.500. The van der Waals surface area contributed by atoms with E-state index in [-0.39, 0.29) is 15.8 Å². The number of rotatable bonds is 1. The highest BCUT2D eigenvalue weighted by atomic mass is 79.9. The van der Waals surface area contributed by atoms with Crippen molar-refractivity contribution in [3.05, 3.63) is 35.9 Å². The minimum atomic E-state index is -0.223. The lowest BCUT2D eigenvalue weighted by atomic mass is 9.92. The maximum atomic E-state index is 6.44. The van der Waals surface area contributed by atoms with Gasteiger partial charge in [-0.25, -0.2) is 0 Å². The largest absolute Gasteiger partial charge is 0.372 e. The first kappa shape index (κ1) is 11.4. The van der Waals surface area contributed by atoms with Crippen LogP contribution in [-0.4, -0.2) is 16.3 Å². The maximum absolute atomic E-state index is 6.44. The molecule has 3 unspecified atom stereocenters. The maximum Gasteiger partial charge on any atom is 0.0966 e. The van der Waals surface area contributed by atoms with Crippen molar-refractivity contribution in [3.8, 4) is 0 Å². The van der Waals surface area contributed by atoms with Gasteiger partial charge < -0.3 is 4.74 Å². The molecule has 1 aliphatic heterocycles. The van der Waals surface area contributed by atoms with Crippen LogP contribution in [-0.2, 0) is 4.74 Å². The standard InChI is InChI=1S/C12H14BrClO/c1-12(14)7-8-15-10(11(12)13)9-5-3-2-4-6-9/h2-6,10-11H,7-8H2,1H3. The SMILES string of the molecule is CC1(Cl)CCOC(c2ccccc2)C1Br. The quantitative estimate of drug-likeness (QED) is 0.712. The van der Waals surface area contributed by atoms with Crippen LogP contribution in [0, 0.1) is 0 Å². The van der Waals surface area contributed by atoms with Crippen molar-refractivity contribution in [2.75, 3.05) is 6.61 Å². The van der Waals surface area contributed by atoms with Crippen LogP contribution in [0.1, 0.15) is 25.0 Å². The molecule has 1 saturated heterocycles. The summed E-state index contributed by atoms with van der Waals surface area (Å²) in [5, 5.41) is 0. The molecule has 2 rings (SSSR count). The van der Waals surface area contributed by atoms with E-state index in [2.05, 4.69) is 35.0 Å². The summed E-state index contributed by atoms with van der Waals surface area (Å²) in [6.45, 7) is 2.79. The van der Waals surface area contributed by atoms with Gasteiger partial charge in [-0.3, -0.25) is 0 Å². The lowest BCUT2D eigenvalue weighted by molar-refractivity contribution is 0.00818. The fourth-order valence-corrected chi connectivity index (χ4v) is 2.71. The van der Waals surface area contributed by atoms with Crippen molar-refractivity contribution in [2.24, 2.45) is 0 Å². The summed E-state index contributed by atoms with van der Waals surface area (Å²) in [5.41, 5.74) is 1.19. The first-order valence-corrected chi connectivity index (χ1v) is 6.40. The normalized spacial score (nSPS) is 36.5. The van der Waals surface area contributed by atoms with Crippen molar-refractivity contribution in [1.29, 1.82) is 0 Å². The van der Waals surface area contributed by atoms with Crippen molar-refractivity contribution in [3.63, 3.8) is 0 Å². The Labute approximate surface area is 104 Å². The molecule has 15 heavy (non-hydrogen) atoms. The molecule has 82 valence electrons. The van der Waals surface area contributed by atoms with Crippen LogP contribution in [0.2, 0.25) is 0 Å². The Balaban J connectivity index is 2.23. The molecular weight excluding hydrogens is 275 g/mol. The monoisotopic (exact) mass is 288 g/mol. The van der Waals surface area contributed by atoms with Crippen molar-refractivity contribution >= 4 is 27.5 Å². The zero-order valence-electron chi connectivity index (χ0n) is 8.62. The zero-order chi connectivity index (χ0) is 10.9. The minimum absolute atomic E-state index is 0.0578. The Bertz CT molecular complexity index is 326. The van der Waals surface area contributed by atoms with E-state index in [1.165, 1.54) is 5.56 Å². The van der Waals surface area contributed by atoms with Crippen molar-refractivity contribution in [1.82, 2.24) is 0 Å². The highest BCUT2D eigenvalue weighted by Gasteiger charge is 2.40. The lowest BCUT2D eigenvalue weighted by Gasteiger charge is -2.39. The molecule has 0 N–H and O–H groups in total. The summed E-state index contributed by atoms with van der Waals surface area (Å²) in [7, 11) is 0. The number of hydrogen-bond acceptors (Lipinski definition) is 1. The molecule has 0 spiro atoms. The molecule has 0 radical (unpaired) electrons. The second-order valence-electron chi connectivity index (χ2n) is 4.13. The second-order valence-corrected chi connectivity index (χ2v) is 5.98.